The van der Waals surface area contributed by atoms with E-state index >= 15 is 0 Å². The van der Waals surface area contributed by atoms with E-state index in [4.69, 9.17) is 0 Å². The molecule has 2 amide bonds. The molecule has 0 spiro atoms. The summed E-state index contributed by atoms with van der Waals surface area (Å²) in [4.78, 5) is 28.2. The van der Waals surface area contributed by atoms with Crippen molar-refractivity contribution >= 4 is 23.2 Å². The summed E-state index contributed by atoms with van der Waals surface area (Å²) in [5.41, 5.74) is 2.65. The summed E-state index contributed by atoms with van der Waals surface area (Å²) in [6.07, 6.45) is 0.430. The van der Waals surface area contributed by atoms with Crippen LogP contribution >= 0.6 is 11.3 Å². The summed E-state index contributed by atoms with van der Waals surface area (Å²) < 4.78 is 0. The lowest BCUT2D eigenvalue weighted by atomic mass is 10.0. The Morgan fingerprint density at radius 3 is 2.14 bits per heavy atom. The zero-order chi connectivity index (χ0) is 20.8. The highest BCUT2D eigenvalue weighted by Crippen LogP contribution is 2.26. The minimum Gasteiger partial charge on any atom is -0.348 e. The Bertz CT molecular complexity index is 967. The van der Waals surface area contributed by atoms with Gasteiger partial charge in [-0.25, -0.2) is 0 Å². The Morgan fingerprint density at radius 2 is 1.55 bits per heavy atom. The normalized spacial score (nSPS) is 12.8. The van der Waals surface area contributed by atoms with E-state index in [1.807, 2.05) is 55.5 Å². The van der Waals surface area contributed by atoms with Crippen molar-refractivity contribution in [2.24, 2.45) is 0 Å². The number of nitrogens with one attached hydrogen (secondary N) is 2. The minimum absolute atomic E-state index is 0.126. The van der Waals surface area contributed by atoms with Crippen molar-refractivity contribution in [3.8, 4) is 0 Å². The molecule has 0 aliphatic carbocycles. The molecule has 29 heavy (non-hydrogen) atoms. The van der Waals surface area contributed by atoms with Crippen LogP contribution in [0.25, 0.3) is 0 Å². The molecular weight excluding hydrogens is 380 g/mol. The number of rotatable bonds is 7. The minimum atomic E-state index is -0.660. The molecule has 0 fully saturated rings. The van der Waals surface area contributed by atoms with E-state index in [2.05, 4.69) is 30.5 Å². The molecule has 0 radical (unpaired) electrons. The van der Waals surface area contributed by atoms with Gasteiger partial charge in [0.25, 0.3) is 5.91 Å². The largest absolute Gasteiger partial charge is 0.348 e. The molecule has 3 aromatic rings. The fourth-order valence-corrected chi connectivity index (χ4v) is 4.38. The predicted octanol–water partition coefficient (Wildman–Crippen LogP) is 4.58. The van der Waals surface area contributed by atoms with Gasteiger partial charge in [-0.15, -0.1) is 11.3 Å². The van der Waals surface area contributed by atoms with Gasteiger partial charge in [0.05, 0.1) is 6.04 Å². The smallest absolute Gasteiger partial charge is 0.251 e. The maximum Gasteiger partial charge on any atom is 0.251 e. The Kier molecular flexibility index (Phi) is 6.83. The van der Waals surface area contributed by atoms with Crippen molar-refractivity contribution in [1.82, 2.24) is 10.6 Å². The Hall–Kier alpha value is -2.92. The highest BCUT2D eigenvalue weighted by atomic mass is 32.1. The third-order valence-corrected chi connectivity index (χ3v) is 5.83. The summed E-state index contributed by atoms with van der Waals surface area (Å²) in [5.74, 6) is -0.439. The number of thiophene rings is 1. The average Bonchev–Trinajstić information content (AvgIpc) is 3.07. The van der Waals surface area contributed by atoms with Crippen molar-refractivity contribution in [2.45, 2.75) is 39.3 Å². The Labute approximate surface area is 176 Å². The van der Waals surface area contributed by atoms with Crippen LogP contribution in [0.4, 0.5) is 0 Å². The molecule has 0 saturated carbocycles. The van der Waals surface area contributed by atoms with Gasteiger partial charge >= 0.3 is 0 Å². The Balaban J connectivity index is 1.76. The fourth-order valence-electron chi connectivity index (χ4n) is 3.36. The number of amides is 2. The fraction of sp³-hybridized carbons (Fsp3) is 0.250. The van der Waals surface area contributed by atoms with E-state index in [9.17, 15) is 9.59 Å². The zero-order valence-corrected chi connectivity index (χ0v) is 17.8. The second-order valence-electron chi connectivity index (χ2n) is 7.18. The van der Waals surface area contributed by atoms with Crippen molar-refractivity contribution < 1.29 is 9.59 Å². The quantitative estimate of drug-likeness (QED) is 0.603. The standard InChI is InChI=1S/C24H26N2O2S/c1-16-14-21(18(3)29-16)17(2)25-24(28)22(15-19-10-6-4-7-11-19)26-23(27)20-12-8-5-9-13-20/h4-14,17,22H,15H2,1-3H3,(H,25,28)(H,26,27)/t17-,22+/m1/s1. The summed E-state index contributed by atoms with van der Waals surface area (Å²) in [6, 6.07) is 20.0. The average molecular weight is 407 g/mol. The molecule has 5 heteroatoms. The number of carbonyl (C=O) groups excluding carboxylic acids is 2. The third-order valence-electron chi connectivity index (χ3n) is 4.85. The molecule has 1 heterocycles. The molecule has 2 atom stereocenters. The van der Waals surface area contributed by atoms with Gasteiger partial charge < -0.3 is 10.6 Å². The first-order valence-electron chi connectivity index (χ1n) is 9.71. The van der Waals surface area contributed by atoms with E-state index in [1.54, 1.807) is 23.5 Å². The SMILES string of the molecule is Cc1cc([C@@H](C)NC(=O)[C@H](Cc2ccccc2)NC(=O)c2ccccc2)c(C)s1. The van der Waals surface area contributed by atoms with E-state index in [-0.39, 0.29) is 17.9 Å². The number of benzene rings is 2. The van der Waals surface area contributed by atoms with E-state index in [0.29, 0.717) is 12.0 Å². The van der Waals surface area contributed by atoms with Gasteiger partial charge in [0.2, 0.25) is 5.91 Å². The summed E-state index contributed by atoms with van der Waals surface area (Å²) in [7, 11) is 0. The van der Waals surface area contributed by atoms with Gasteiger partial charge in [-0.3, -0.25) is 9.59 Å². The zero-order valence-electron chi connectivity index (χ0n) is 16.9. The van der Waals surface area contributed by atoms with Crippen LogP contribution in [0.15, 0.2) is 66.7 Å². The molecule has 3 rings (SSSR count). The lowest BCUT2D eigenvalue weighted by Gasteiger charge is -2.22. The third kappa shape index (κ3) is 5.55. The molecule has 0 bridgehead atoms. The second kappa shape index (κ2) is 9.52. The lowest BCUT2D eigenvalue weighted by molar-refractivity contribution is -0.123. The number of carbonyl (C=O) groups is 2. The maximum atomic E-state index is 13.1. The van der Waals surface area contributed by atoms with E-state index < -0.39 is 6.04 Å². The topological polar surface area (TPSA) is 58.2 Å². The van der Waals surface area contributed by atoms with Crippen LogP contribution in [0.2, 0.25) is 0 Å². The molecule has 0 aliphatic heterocycles. The highest BCUT2D eigenvalue weighted by Gasteiger charge is 2.24. The van der Waals surface area contributed by atoms with Crippen LogP contribution in [0, 0.1) is 13.8 Å². The summed E-state index contributed by atoms with van der Waals surface area (Å²) >= 11 is 1.72. The number of hydrogen-bond acceptors (Lipinski definition) is 3. The van der Waals surface area contributed by atoms with Gasteiger partial charge in [-0.1, -0.05) is 48.5 Å². The number of hydrogen-bond donors (Lipinski definition) is 2. The Morgan fingerprint density at radius 1 is 0.931 bits per heavy atom. The molecular formula is C24H26N2O2S. The van der Waals surface area contributed by atoms with Gasteiger partial charge in [0.15, 0.2) is 0 Å². The molecule has 150 valence electrons. The van der Waals surface area contributed by atoms with Crippen LogP contribution in [0.1, 0.15) is 44.2 Å². The van der Waals surface area contributed by atoms with Gasteiger partial charge in [0.1, 0.15) is 6.04 Å². The van der Waals surface area contributed by atoms with Crippen molar-refractivity contribution in [3.63, 3.8) is 0 Å². The molecule has 1 aromatic heterocycles. The van der Waals surface area contributed by atoms with Crippen LogP contribution < -0.4 is 10.6 Å². The van der Waals surface area contributed by atoms with Crippen molar-refractivity contribution in [2.75, 3.05) is 0 Å². The molecule has 0 saturated heterocycles. The van der Waals surface area contributed by atoms with E-state index in [0.717, 1.165) is 11.1 Å². The van der Waals surface area contributed by atoms with Crippen LogP contribution in [-0.2, 0) is 11.2 Å². The summed E-state index contributed by atoms with van der Waals surface area (Å²) in [5, 5.41) is 5.99. The van der Waals surface area contributed by atoms with Crippen LogP contribution in [-0.4, -0.2) is 17.9 Å². The first-order chi connectivity index (χ1) is 13.9. The highest BCUT2D eigenvalue weighted by molar-refractivity contribution is 7.12. The lowest BCUT2D eigenvalue weighted by Crippen LogP contribution is -2.48. The first-order valence-corrected chi connectivity index (χ1v) is 10.5. The van der Waals surface area contributed by atoms with Crippen molar-refractivity contribution in [1.29, 1.82) is 0 Å². The van der Waals surface area contributed by atoms with Gasteiger partial charge in [-0.2, -0.15) is 0 Å². The van der Waals surface area contributed by atoms with Gasteiger partial charge in [0, 0.05) is 21.7 Å². The molecule has 2 N–H and O–H groups in total. The number of aryl methyl sites for hydroxylation is 2. The van der Waals surface area contributed by atoms with Crippen LogP contribution in [0.3, 0.4) is 0 Å². The maximum absolute atomic E-state index is 13.1. The summed E-state index contributed by atoms with van der Waals surface area (Å²) in [6.45, 7) is 6.10. The molecule has 0 unspecified atom stereocenters. The van der Waals surface area contributed by atoms with Crippen LogP contribution in [0.5, 0.6) is 0 Å². The van der Waals surface area contributed by atoms with E-state index in [1.165, 1.54) is 9.75 Å². The molecule has 0 aliphatic rings. The first kappa shape index (κ1) is 20.8. The second-order valence-corrected chi connectivity index (χ2v) is 8.64. The molecule has 2 aromatic carbocycles. The monoisotopic (exact) mass is 406 g/mol. The van der Waals surface area contributed by atoms with Crippen molar-refractivity contribution in [3.05, 3.63) is 93.2 Å². The molecule has 4 nitrogen and oxygen atoms in total. The van der Waals surface area contributed by atoms with Gasteiger partial charge in [-0.05, 0) is 50.1 Å². The predicted molar refractivity (Wildman–Crippen MR) is 118 cm³/mol.